The fraction of sp³-hybridized carbons (Fsp3) is 0.250. The Bertz CT molecular complexity index is 924. The lowest BCUT2D eigenvalue weighted by atomic mass is 9.97. The van der Waals surface area contributed by atoms with E-state index in [9.17, 15) is 22.4 Å². The number of hydrogen-bond donors (Lipinski definition) is 1. The smallest absolute Gasteiger partial charge is 0.348 e. The van der Waals surface area contributed by atoms with Crippen molar-refractivity contribution in [3.63, 3.8) is 0 Å². The topological polar surface area (TPSA) is 29.1 Å². The number of carbonyl (C=O) groups is 1. The number of rotatable bonds is 5. The van der Waals surface area contributed by atoms with Crippen LogP contribution in [-0.2, 0) is 0 Å². The summed E-state index contributed by atoms with van der Waals surface area (Å²) in [4.78, 5) is 12.1. The number of thioether (sulfide) groups is 1. The summed E-state index contributed by atoms with van der Waals surface area (Å²) in [5.41, 5.74) is -0.0743. The molecule has 9 heteroatoms. The van der Waals surface area contributed by atoms with Crippen LogP contribution in [0.3, 0.4) is 0 Å². The highest BCUT2D eigenvalue weighted by Crippen LogP contribution is 2.38. The van der Waals surface area contributed by atoms with Gasteiger partial charge < -0.3 is 5.32 Å². The van der Waals surface area contributed by atoms with Gasteiger partial charge in [-0.05, 0) is 41.5 Å². The Kier molecular flexibility index (Phi) is 6.81. The molecule has 1 N–H and O–H groups in total. The second-order valence-corrected chi connectivity index (χ2v) is 8.48. The third-order valence-corrected chi connectivity index (χ3v) is 6.00. The van der Waals surface area contributed by atoms with Crippen molar-refractivity contribution < 1.29 is 22.4 Å². The van der Waals surface area contributed by atoms with Crippen LogP contribution < -0.4 is 5.32 Å². The van der Waals surface area contributed by atoms with Gasteiger partial charge in [-0.3, -0.25) is 4.79 Å². The quantitative estimate of drug-likeness (QED) is 0.524. The predicted molar refractivity (Wildman–Crippen MR) is 109 cm³/mol. The summed E-state index contributed by atoms with van der Waals surface area (Å²) in [6, 6.07) is 7.40. The highest BCUT2D eigenvalue weighted by Gasteiger charge is 2.39. The number of alkyl halides is 3. The molecule has 1 heterocycles. The van der Waals surface area contributed by atoms with Crippen LogP contribution in [0.25, 0.3) is 6.08 Å². The fourth-order valence-electron chi connectivity index (χ4n) is 2.77. The Labute approximate surface area is 179 Å². The minimum Gasteiger partial charge on any atom is -0.348 e. The van der Waals surface area contributed by atoms with Crippen molar-refractivity contribution in [2.45, 2.75) is 18.1 Å². The normalized spacial score (nSPS) is 15.9. The van der Waals surface area contributed by atoms with Crippen LogP contribution in [-0.4, -0.2) is 29.6 Å². The molecule has 29 heavy (non-hydrogen) atoms. The summed E-state index contributed by atoms with van der Waals surface area (Å²) >= 11 is 13.3. The second kappa shape index (κ2) is 8.98. The van der Waals surface area contributed by atoms with Crippen LogP contribution in [0.2, 0.25) is 10.0 Å². The summed E-state index contributed by atoms with van der Waals surface area (Å²) in [6.07, 6.45) is -2.54. The van der Waals surface area contributed by atoms with Crippen LogP contribution in [0, 0.1) is 5.82 Å². The predicted octanol–water partition coefficient (Wildman–Crippen LogP) is 6.34. The number of allylic oxidation sites excluding steroid dienone is 1. The van der Waals surface area contributed by atoms with E-state index >= 15 is 0 Å². The average Bonchev–Trinajstić information content (AvgIpc) is 2.56. The van der Waals surface area contributed by atoms with Crippen molar-refractivity contribution in [3.05, 3.63) is 75.0 Å². The van der Waals surface area contributed by atoms with Gasteiger partial charge in [0, 0.05) is 27.6 Å². The molecule has 2 aromatic rings. The minimum absolute atomic E-state index is 0.0172. The molecule has 1 amide bonds. The van der Waals surface area contributed by atoms with Gasteiger partial charge in [-0.2, -0.15) is 24.9 Å². The van der Waals surface area contributed by atoms with Crippen LogP contribution in [0.4, 0.5) is 17.6 Å². The van der Waals surface area contributed by atoms with Crippen molar-refractivity contribution in [2.75, 3.05) is 11.5 Å². The molecule has 0 saturated carbocycles. The third kappa shape index (κ3) is 5.68. The molecule has 3 rings (SSSR count). The Morgan fingerprint density at radius 2 is 1.79 bits per heavy atom. The van der Waals surface area contributed by atoms with E-state index in [0.717, 1.165) is 29.7 Å². The maximum atomic E-state index is 14.3. The number of halogens is 6. The van der Waals surface area contributed by atoms with Crippen molar-refractivity contribution in [3.8, 4) is 0 Å². The second-order valence-electron chi connectivity index (χ2n) is 6.53. The Morgan fingerprint density at radius 1 is 1.14 bits per heavy atom. The number of carbonyl (C=O) groups excluding carboxylic acids is 1. The van der Waals surface area contributed by atoms with Gasteiger partial charge in [-0.15, -0.1) is 0 Å². The summed E-state index contributed by atoms with van der Waals surface area (Å²) in [5.74, 6) is -1.75. The first-order chi connectivity index (χ1) is 13.6. The number of benzene rings is 2. The van der Waals surface area contributed by atoms with E-state index in [4.69, 9.17) is 23.2 Å². The van der Waals surface area contributed by atoms with Crippen molar-refractivity contribution in [2.24, 2.45) is 0 Å². The van der Waals surface area contributed by atoms with E-state index in [-0.39, 0.29) is 32.8 Å². The fourth-order valence-corrected chi connectivity index (χ4v) is 3.95. The molecule has 1 unspecified atom stereocenters. The zero-order valence-corrected chi connectivity index (χ0v) is 17.1. The molecule has 1 atom stereocenters. The molecule has 0 aliphatic carbocycles. The molecule has 0 aromatic heterocycles. The molecule has 2 nitrogen and oxygen atoms in total. The molecule has 2 aromatic carbocycles. The van der Waals surface area contributed by atoms with Gasteiger partial charge in [-0.1, -0.05) is 41.4 Å². The molecule has 0 spiro atoms. The summed E-state index contributed by atoms with van der Waals surface area (Å²) < 4.78 is 54.8. The molecule has 1 aliphatic rings. The molecule has 0 radical (unpaired) electrons. The summed E-state index contributed by atoms with van der Waals surface area (Å²) in [6.45, 7) is 0. The van der Waals surface area contributed by atoms with Crippen molar-refractivity contribution >= 4 is 46.9 Å². The van der Waals surface area contributed by atoms with Gasteiger partial charge in [-0.25, -0.2) is 4.39 Å². The Balaban J connectivity index is 1.82. The summed E-state index contributed by atoms with van der Waals surface area (Å²) in [7, 11) is 0. The van der Waals surface area contributed by atoms with E-state index in [1.807, 2.05) is 0 Å². The maximum absolute atomic E-state index is 14.3. The number of amides is 1. The van der Waals surface area contributed by atoms with Crippen LogP contribution in [0.15, 0.2) is 42.5 Å². The lowest BCUT2D eigenvalue weighted by Crippen LogP contribution is -2.44. The monoisotopic (exact) mass is 463 g/mol. The molecule has 1 fully saturated rings. The van der Waals surface area contributed by atoms with E-state index in [0.29, 0.717) is 0 Å². The lowest BCUT2D eigenvalue weighted by Gasteiger charge is -2.25. The van der Waals surface area contributed by atoms with Gasteiger partial charge in [0.05, 0.1) is 11.5 Å². The first kappa shape index (κ1) is 22.0. The average molecular weight is 464 g/mol. The first-order valence-electron chi connectivity index (χ1n) is 8.52. The van der Waals surface area contributed by atoms with E-state index in [1.54, 1.807) is 11.8 Å². The standard InChI is InChI=1S/C20H15Cl2F4NOS/c21-13-6-12(7-14(22)8-13)17(20(24,25)26)4-2-11-1-3-16(18(23)5-11)19(28)27-15-9-29-10-15/h1-8,15,17H,9-10H2,(H,27,28)/b4-2+. The number of hydrogen-bond acceptors (Lipinski definition) is 2. The van der Waals surface area contributed by atoms with Gasteiger partial charge in [0.1, 0.15) is 5.82 Å². The zero-order chi connectivity index (χ0) is 21.2. The minimum atomic E-state index is -4.59. The molecular formula is C20H15Cl2F4NOS. The molecule has 154 valence electrons. The summed E-state index contributed by atoms with van der Waals surface area (Å²) in [5, 5.41) is 2.87. The Hall–Kier alpha value is -1.70. The molecule has 1 saturated heterocycles. The highest BCUT2D eigenvalue weighted by molar-refractivity contribution is 8.00. The van der Waals surface area contributed by atoms with Gasteiger partial charge >= 0.3 is 6.18 Å². The highest BCUT2D eigenvalue weighted by atomic mass is 35.5. The van der Waals surface area contributed by atoms with Gasteiger partial charge in [0.2, 0.25) is 0 Å². The zero-order valence-electron chi connectivity index (χ0n) is 14.8. The first-order valence-corrected chi connectivity index (χ1v) is 10.4. The lowest BCUT2D eigenvalue weighted by molar-refractivity contribution is -0.139. The van der Waals surface area contributed by atoms with Crippen LogP contribution in [0.5, 0.6) is 0 Å². The third-order valence-electron chi connectivity index (χ3n) is 4.29. The van der Waals surface area contributed by atoms with Gasteiger partial charge in [0.15, 0.2) is 0 Å². The molecule has 1 aliphatic heterocycles. The van der Waals surface area contributed by atoms with Crippen LogP contribution >= 0.6 is 35.0 Å². The largest absolute Gasteiger partial charge is 0.399 e. The maximum Gasteiger partial charge on any atom is 0.399 e. The Morgan fingerprint density at radius 3 is 2.31 bits per heavy atom. The van der Waals surface area contributed by atoms with Crippen LogP contribution in [0.1, 0.15) is 27.4 Å². The molecule has 0 bridgehead atoms. The van der Waals surface area contributed by atoms with Gasteiger partial charge in [0.25, 0.3) is 5.91 Å². The van der Waals surface area contributed by atoms with E-state index in [1.165, 1.54) is 30.3 Å². The molecular weight excluding hydrogens is 449 g/mol. The van der Waals surface area contributed by atoms with Crippen molar-refractivity contribution in [1.82, 2.24) is 5.32 Å². The number of nitrogens with one attached hydrogen (secondary N) is 1. The van der Waals surface area contributed by atoms with Crippen molar-refractivity contribution in [1.29, 1.82) is 0 Å². The van der Waals surface area contributed by atoms with E-state index in [2.05, 4.69) is 5.32 Å². The SMILES string of the molecule is O=C(NC1CSC1)c1ccc(/C=C/C(c2cc(Cl)cc(Cl)c2)C(F)(F)F)cc1F. The van der Waals surface area contributed by atoms with E-state index < -0.39 is 23.8 Å².